The van der Waals surface area contributed by atoms with Crippen LogP contribution in [0, 0.1) is 0 Å². The molecule has 0 radical (unpaired) electrons. The molecule has 8 nitrogen and oxygen atoms in total. The third-order valence-corrected chi connectivity index (χ3v) is 3.86. The topological polar surface area (TPSA) is 95.9 Å². The fourth-order valence-electron chi connectivity index (χ4n) is 2.02. The lowest BCUT2D eigenvalue weighted by atomic mass is 10.2. The van der Waals surface area contributed by atoms with Crippen LogP contribution in [0.2, 0.25) is 0 Å². The Morgan fingerprint density at radius 1 is 1.30 bits per heavy atom. The van der Waals surface area contributed by atoms with Crippen molar-refractivity contribution in [1.82, 2.24) is 24.9 Å². The summed E-state index contributed by atoms with van der Waals surface area (Å²) in [5.74, 6) is 1.66. The summed E-state index contributed by atoms with van der Waals surface area (Å²) in [6, 6.07) is 7.44. The van der Waals surface area contributed by atoms with Crippen LogP contribution in [-0.4, -0.2) is 42.0 Å². The SMILES string of the molecule is CCOc1ccc(-c2noc(Cn3cnnc3S(C)=O)n2)cc1. The molecule has 2 heterocycles. The molecule has 0 aliphatic carbocycles. The fraction of sp³-hybridized carbons (Fsp3) is 0.286. The van der Waals surface area contributed by atoms with Gasteiger partial charge in [-0.05, 0) is 31.2 Å². The number of hydrogen-bond donors (Lipinski definition) is 0. The maximum atomic E-state index is 11.5. The molecule has 120 valence electrons. The number of aromatic nitrogens is 5. The highest BCUT2D eigenvalue weighted by Gasteiger charge is 2.13. The summed E-state index contributed by atoms with van der Waals surface area (Å²) < 4.78 is 23.8. The molecule has 0 bridgehead atoms. The number of hydrogen-bond acceptors (Lipinski definition) is 7. The molecule has 3 aromatic rings. The van der Waals surface area contributed by atoms with E-state index < -0.39 is 10.8 Å². The second kappa shape index (κ2) is 6.69. The number of nitrogens with zero attached hydrogens (tertiary/aromatic N) is 5. The van der Waals surface area contributed by atoms with E-state index in [1.807, 2.05) is 31.2 Å². The third-order valence-electron chi connectivity index (χ3n) is 3.03. The minimum atomic E-state index is -1.23. The Hall–Kier alpha value is -2.55. The van der Waals surface area contributed by atoms with Crippen molar-refractivity contribution in [3.05, 3.63) is 36.5 Å². The van der Waals surface area contributed by atoms with E-state index in [0.29, 0.717) is 23.5 Å². The lowest BCUT2D eigenvalue weighted by Crippen LogP contribution is -2.05. The summed E-state index contributed by atoms with van der Waals surface area (Å²) >= 11 is 0. The normalized spacial score (nSPS) is 12.3. The van der Waals surface area contributed by atoms with Crippen molar-refractivity contribution in [3.8, 4) is 17.1 Å². The first-order valence-corrected chi connectivity index (χ1v) is 8.50. The van der Waals surface area contributed by atoms with E-state index >= 15 is 0 Å². The molecule has 0 aliphatic rings. The molecule has 23 heavy (non-hydrogen) atoms. The van der Waals surface area contributed by atoms with Crippen LogP contribution < -0.4 is 4.74 Å². The minimum absolute atomic E-state index is 0.270. The number of rotatable bonds is 6. The summed E-state index contributed by atoms with van der Waals surface area (Å²) in [5.41, 5.74) is 0.825. The van der Waals surface area contributed by atoms with Crippen LogP contribution >= 0.6 is 0 Å². The molecule has 3 rings (SSSR count). The summed E-state index contributed by atoms with van der Waals surface area (Å²) in [5, 5.41) is 11.9. The van der Waals surface area contributed by atoms with E-state index in [9.17, 15) is 4.21 Å². The van der Waals surface area contributed by atoms with Crippen LogP contribution in [-0.2, 0) is 17.3 Å². The molecule has 1 unspecified atom stereocenters. The average molecular weight is 333 g/mol. The predicted molar refractivity (Wildman–Crippen MR) is 82.4 cm³/mol. The van der Waals surface area contributed by atoms with Gasteiger partial charge in [-0.1, -0.05) is 5.16 Å². The lowest BCUT2D eigenvalue weighted by Gasteiger charge is -2.02. The quantitative estimate of drug-likeness (QED) is 0.674. The molecule has 9 heteroatoms. The van der Waals surface area contributed by atoms with Gasteiger partial charge < -0.3 is 9.26 Å². The molecule has 0 N–H and O–H groups in total. The lowest BCUT2D eigenvalue weighted by molar-refractivity contribution is 0.340. The zero-order valence-electron chi connectivity index (χ0n) is 12.7. The fourth-order valence-corrected chi connectivity index (χ4v) is 2.63. The second-order valence-electron chi connectivity index (χ2n) is 4.66. The summed E-state index contributed by atoms with van der Waals surface area (Å²) in [4.78, 5) is 4.34. The zero-order valence-corrected chi connectivity index (χ0v) is 13.5. The molecule has 1 atom stereocenters. The predicted octanol–water partition coefficient (Wildman–Crippen LogP) is 1.51. The summed E-state index contributed by atoms with van der Waals surface area (Å²) in [6.07, 6.45) is 3.02. The van der Waals surface area contributed by atoms with Gasteiger partial charge in [-0.25, -0.2) is 0 Å². The van der Waals surface area contributed by atoms with Crippen LogP contribution in [0.15, 0.2) is 40.3 Å². The van der Waals surface area contributed by atoms with Gasteiger partial charge in [-0.15, -0.1) is 10.2 Å². The van der Waals surface area contributed by atoms with E-state index in [4.69, 9.17) is 9.26 Å². The monoisotopic (exact) mass is 333 g/mol. The smallest absolute Gasteiger partial charge is 0.247 e. The van der Waals surface area contributed by atoms with Gasteiger partial charge in [-0.2, -0.15) is 4.98 Å². The van der Waals surface area contributed by atoms with Crippen molar-refractivity contribution >= 4 is 10.8 Å². The molecule has 0 spiro atoms. The molecule has 0 fully saturated rings. The Kier molecular flexibility index (Phi) is 4.47. The van der Waals surface area contributed by atoms with Crippen LogP contribution in [0.25, 0.3) is 11.4 Å². The van der Waals surface area contributed by atoms with Crippen molar-refractivity contribution in [2.45, 2.75) is 18.6 Å². The molecular formula is C14H15N5O3S. The average Bonchev–Trinajstić information content (AvgIpc) is 3.18. The van der Waals surface area contributed by atoms with E-state index in [1.165, 1.54) is 6.33 Å². The van der Waals surface area contributed by atoms with E-state index in [-0.39, 0.29) is 6.54 Å². The van der Waals surface area contributed by atoms with Crippen molar-refractivity contribution in [1.29, 1.82) is 0 Å². The standard InChI is InChI=1S/C14H15N5O3S/c1-3-21-11-6-4-10(5-7-11)13-16-12(22-18-13)8-19-9-15-17-14(19)23(2)20/h4-7,9H,3,8H2,1-2H3. The first kappa shape index (κ1) is 15.3. The Morgan fingerprint density at radius 2 is 2.09 bits per heavy atom. The number of ether oxygens (including phenoxy) is 1. The van der Waals surface area contributed by atoms with Gasteiger partial charge in [0.2, 0.25) is 16.9 Å². The van der Waals surface area contributed by atoms with Crippen molar-refractivity contribution in [2.75, 3.05) is 12.9 Å². The summed E-state index contributed by atoms with van der Waals surface area (Å²) in [7, 11) is -1.23. The zero-order chi connectivity index (χ0) is 16.2. The second-order valence-corrected chi connectivity index (χ2v) is 5.94. The van der Waals surface area contributed by atoms with Crippen LogP contribution in [0.1, 0.15) is 12.8 Å². The molecule has 2 aromatic heterocycles. The molecule has 0 amide bonds. The van der Waals surface area contributed by atoms with Gasteiger partial charge in [0.05, 0.1) is 17.4 Å². The van der Waals surface area contributed by atoms with Crippen molar-refractivity contribution < 1.29 is 13.5 Å². The Morgan fingerprint density at radius 3 is 2.78 bits per heavy atom. The highest BCUT2D eigenvalue weighted by Crippen LogP contribution is 2.20. The van der Waals surface area contributed by atoms with Gasteiger partial charge in [0.1, 0.15) is 18.6 Å². The maximum Gasteiger partial charge on any atom is 0.247 e. The minimum Gasteiger partial charge on any atom is -0.494 e. The van der Waals surface area contributed by atoms with Gasteiger partial charge in [0, 0.05) is 11.8 Å². The van der Waals surface area contributed by atoms with Gasteiger partial charge in [-0.3, -0.25) is 8.78 Å². The van der Waals surface area contributed by atoms with Crippen LogP contribution in [0.4, 0.5) is 0 Å². The van der Waals surface area contributed by atoms with Gasteiger partial charge in [0.15, 0.2) is 0 Å². The molecule has 0 saturated heterocycles. The first-order chi connectivity index (χ1) is 11.2. The van der Waals surface area contributed by atoms with E-state index in [0.717, 1.165) is 11.3 Å². The first-order valence-electron chi connectivity index (χ1n) is 6.94. The third kappa shape index (κ3) is 3.45. The molecule has 0 saturated carbocycles. The van der Waals surface area contributed by atoms with E-state index in [2.05, 4.69) is 20.3 Å². The summed E-state index contributed by atoms with van der Waals surface area (Å²) in [6.45, 7) is 2.82. The van der Waals surface area contributed by atoms with Crippen molar-refractivity contribution in [2.24, 2.45) is 0 Å². The van der Waals surface area contributed by atoms with Gasteiger partial charge in [0.25, 0.3) is 0 Å². The Balaban J connectivity index is 1.77. The molecule has 1 aromatic carbocycles. The van der Waals surface area contributed by atoms with Crippen molar-refractivity contribution in [3.63, 3.8) is 0 Å². The van der Waals surface area contributed by atoms with Gasteiger partial charge >= 0.3 is 0 Å². The highest BCUT2D eigenvalue weighted by molar-refractivity contribution is 7.84. The van der Waals surface area contributed by atoms with Crippen LogP contribution in [0.3, 0.4) is 0 Å². The molecular weight excluding hydrogens is 318 g/mol. The van der Waals surface area contributed by atoms with Crippen LogP contribution in [0.5, 0.6) is 5.75 Å². The maximum absolute atomic E-state index is 11.5. The number of benzene rings is 1. The largest absolute Gasteiger partial charge is 0.494 e. The molecule has 0 aliphatic heterocycles. The van der Waals surface area contributed by atoms with E-state index in [1.54, 1.807) is 10.8 Å². The Bertz CT molecular complexity index is 812. The Labute approximate surface area is 135 Å². The highest BCUT2D eigenvalue weighted by atomic mass is 32.2.